The van der Waals surface area contributed by atoms with Crippen LogP contribution in [0.3, 0.4) is 0 Å². The van der Waals surface area contributed by atoms with Crippen LogP contribution in [0.5, 0.6) is 0 Å². The third-order valence-electron chi connectivity index (χ3n) is 4.72. The topological polar surface area (TPSA) is 40.6 Å². The molecule has 0 bridgehead atoms. The van der Waals surface area contributed by atoms with E-state index in [0.717, 1.165) is 25.8 Å². The summed E-state index contributed by atoms with van der Waals surface area (Å²) in [6, 6.07) is 11.0. The Bertz CT molecular complexity index is 562. The molecule has 0 N–H and O–H groups in total. The summed E-state index contributed by atoms with van der Waals surface area (Å²) in [5, 5.41) is 0. The fourth-order valence-electron chi connectivity index (χ4n) is 3.33. The lowest BCUT2D eigenvalue weighted by atomic mass is 10.1. The Hall–Kier alpha value is -0.910. The number of nitrogens with zero attached hydrogens (tertiary/aromatic N) is 2. The van der Waals surface area contributed by atoms with Gasteiger partial charge in [0.05, 0.1) is 5.75 Å². The van der Waals surface area contributed by atoms with Crippen LogP contribution in [-0.4, -0.2) is 55.1 Å². The summed E-state index contributed by atoms with van der Waals surface area (Å²) >= 11 is 0. The lowest BCUT2D eigenvalue weighted by Crippen LogP contribution is -2.58. The zero-order valence-corrected chi connectivity index (χ0v) is 15.4. The first-order valence-electron chi connectivity index (χ1n) is 8.71. The molecule has 1 aliphatic rings. The molecular weight excluding hydrogens is 308 g/mol. The summed E-state index contributed by atoms with van der Waals surface area (Å²) in [5.74, 6) is 0.285. The first-order valence-corrected chi connectivity index (χ1v) is 10.3. The molecule has 0 amide bonds. The summed E-state index contributed by atoms with van der Waals surface area (Å²) in [4.78, 5) is 2.44. The summed E-state index contributed by atoms with van der Waals surface area (Å²) in [7, 11) is -3.10. The first kappa shape index (κ1) is 18.4. The molecule has 0 aliphatic carbocycles. The third kappa shape index (κ3) is 5.03. The minimum Gasteiger partial charge on any atom is -0.295 e. The van der Waals surface area contributed by atoms with E-state index in [0.29, 0.717) is 13.1 Å². The van der Waals surface area contributed by atoms with Gasteiger partial charge in [0.2, 0.25) is 10.0 Å². The van der Waals surface area contributed by atoms with E-state index in [4.69, 9.17) is 0 Å². The summed E-state index contributed by atoms with van der Waals surface area (Å²) in [6.07, 6.45) is 2.68. The molecule has 1 saturated heterocycles. The van der Waals surface area contributed by atoms with Gasteiger partial charge in [0.1, 0.15) is 0 Å². The van der Waals surface area contributed by atoms with Crippen molar-refractivity contribution in [3.63, 3.8) is 0 Å². The number of hydrogen-bond donors (Lipinski definition) is 0. The van der Waals surface area contributed by atoms with Gasteiger partial charge in [0.15, 0.2) is 0 Å². The van der Waals surface area contributed by atoms with Crippen LogP contribution in [0.4, 0.5) is 0 Å². The average molecular weight is 339 g/mol. The largest absolute Gasteiger partial charge is 0.295 e. The van der Waals surface area contributed by atoms with Gasteiger partial charge in [-0.2, -0.15) is 4.31 Å². The lowest BCUT2D eigenvalue weighted by Gasteiger charge is -2.43. The van der Waals surface area contributed by atoms with Crippen molar-refractivity contribution in [2.24, 2.45) is 0 Å². The van der Waals surface area contributed by atoms with Gasteiger partial charge in [-0.3, -0.25) is 4.90 Å². The van der Waals surface area contributed by atoms with Crippen molar-refractivity contribution in [3.8, 4) is 0 Å². The molecule has 0 spiro atoms. The summed E-state index contributed by atoms with van der Waals surface area (Å²) in [5.41, 5.74) is 1.34. The third-order valence-corrected chi connectivity index (χ3v) is 6.61. The zero-order valence-electron chi connectivity index (χ0n) is 14.6. The van der Waals surface area contributed by atoms with Crippen LogP contribution in [0.1, 0.15) is 39.2 Å². The van der Waals surface area contributed by atoms with E-state index in [-0.39, 0.29) is 17.8 Å². The fourth-order valence-corrected chi connectivity index (χ4v) is 5.13. The highest BCUT2D eigenvalue weighted by atomic mass is 32.2. The molecule has 5 heteroatoms. The number of rotatable bonds is 7. The van der Waals surface area contributed by atoms with Gasteiger partial charge in [-0.05, 0) is 32.3 Å². The number of benzene rings is 1. The Morgan fingerprint density at radius 3 is 2.26 bits per heavy atom. The molecular formula is C18H30N2O2S. The molecule has 0 radical (unpaired) electrons. The molecule has 2 unspecified atom stereocenters. The van der Waals surface area contributed by atoms with Crippen LogP contribution < -0.4 is 0 Å². The summed E-state index contributed by atoms with van der Waals surface area (Å²) < 4.78 is 26.6. The molecule has 130 valence electrons. The number of sulfonamides is 1. The molecule has 1 fully saturated rings. The second kappa shape index (κ2) is 8.27. The molecule has 1 aromatic carbocycles. The predicted octanol–water partition coefficient (Wildman–Crippen LogP) is 2.75. The Morgan fingerprint density at radius 2 is 1.70 bits per heavy atom. The molecule has 2 atom stereocenters. The van der Waals surface area contributed by atoms with Gasteiger partial charge in [-0.1, -0.05) is 43.7 Å². The van der Waals surface area contributed by atoms with Gasteiger partial charge >= 0.3 is 0 Å². The minimum atomic E-state index is -3.10. The van der Waals surface area contributed by atoms with Crippen LogP contribution in [0.2, 0.25) is 0 Å². The van der Waals surface area contributed by atoms with Crippen molar-refractivity contribution in [1.82, 2.24) is 9.21 Å². The quantitative estimate of drug-likeness (QED) is 0.767. The maximum absolute atomic E-state index is 12.4. The Balaban J connectivity index is 1.94. The number of hydrogen-bond acceptors (Lipinski definition) is 3. The molecule has 1 aliphatic heterocycles. The van der Waals surface area contributed by atoms with E-state index in [1.165, 1.54) is 5.56 Å². The SMILES string of the molecule is CCCCS(=O)(=O)N1CC(C)N(CCc2ccccc2)C(C)C1. The van der Waals surface area contributed by atoms with E-state index in [9.17, 15) is 8.42 Å². The van der Waals surface area contributed by atoms with Crippen LogP contribution in [0, 0.1) is 0 Å². The number of unbranched alkanes of at least 4 members (excludes halogenated alkanes) is 1. The van der Waals surface area contributed by atoms with Gasteiger partial charge in [0, 0.05) is 31.7 Å². The molecule has 0 saturated carbocycles. The van der Waals surface area contributed by atoms with E-state index < -0.39 is 10.0 Å². The predicted molar refractivity (Wildman–Crippen MR) is 96.0 cm³/mol. The van der Waals surface area contributed by atoms with E-state index >= 15 is 0 Å². The molecule has 1 aromatic rings. The van der Waals surface area contributed by atoms with Crippen LogP contribution in [0.15, 0.2) is 30.3 Å². The number of piperazine rings is 1. The monoisotopic (exact) mass is 338 g/mol. The van der Waals surface area contributed by atoms with Crippen LogP contribution in [0.25, 0.3) is 0 Å². The maximum atomic E-state index is 12.4. The average Bonchev–Trinajstić information content (AvgIpc) is 2.53. The second-order valence-electron chi connectivity index (χ2n) is 6.66. The van der Waals surface area contributed by atoms with Crippen molar-refractivity contribution in [2.45, 2.75) is 52.1 Å². The minimum absolute atomic E-state index is 0.263. The normalized spacial score (nSPS) is 24.0. The maximum Gasteiger partial charge on any atom is 0.214 e. The Labute approximate surface area is 141 Å². The highest BCUT2D eigenvalue weighted by molar-refractivity contribution is 7.89. The first-order chi connectivity index (χ1) is 10.9. The van der Waals surface area contributed by atoms with Crippen molar-refractivity contribution >= 4 is 10.0 Å². The molecule has 0 aromatic heterocycles. The van der Waals surface area contributed by atoms with Crippen molar-refractivity contribution < 1.29 is 8.42 Å². The fraction of sp³-hybridized carbons (Fsp3) is 0.667. The molecule has 1 heterocycles. The lowest BCUT2D eigenvalue weighted by molar-refractivity contribution is 0.0784. The van der Waals surface area contributed by atoms with Gasteiger partial charge < -0.3 is 0 Å². The van der Waals surface area contributed by atoms with Gasteiger partial charge in [-0.25, -0.2) is 8.42 Å². The van der Waals surface area contributed by atoms with Crippen LogP contribution >= 0.6 is 0 Å². The Kier molecular flexibility index (Phi) is 6.62. The molecule has 4 nitrogen and oxygen atoms in total. The zero-order chi connectivity index (χ0) is 16.9. The van der Waals surface area contributed by atoms with Gasteiger partial charge in [-0.15, -0.1) is 0 Å². The van der Waals surface area contributed by atoms with Crippen molar-refractivity contribution in [1.29, 1.82) is 0 Å². The van der Waals surface area contributed by atoms with E-state index in [2.05, 4.69) is 43.0 Å². The van der Waals surface area contributed by atoms with Crippen LogP contribution in [-0.2, 0) is 16.4 Å². The highest BCUT2D eigenvalue weighted by Crippen LogP contribution is 2.20. The van der Waals surface area contributed by atoms with E-state index in [1.807, 2.05) is 13.0 Å². The Morgan fingerprint density at radius 1 is 1.09 bits per heavy atom. The van der Waals surface area contributed by atoms with Crippen molar-refractivity contribution in [2.75, 3.05) is 25.4 Å². The van der Waals surface area contributed by atoms with Gasteiger partial charge in [0.25, 0.3) is 0 Å². The van der Waals surface area contributed by atoms with E-state index in [1.54, 1.807) is 4.31 Å². The van der Waals surface area contributed by atoms with Crippen molar-refractivity contribution in [3.05, 3.63) is 35.9 Å². The summed E-state index contributed by atoms with van der Waals surface area (Å²) in [6.45, 7) is 8.53. The smallest absolute Gasteiger partial charge is 0.214 e. The molecule has 23 heavy (non-hydrogen) atoms. The molecule has 2 rings (SSSR count). The highest BCUT2D eigenvalue weighted by Gasteiger charge is 2.34. The second-order valence-corrected chi connectivity index (χ2v) is 8.75. The standard InChI is InChI=1S/C18H30N2O2S/c1-4-5-13-23(21,22)19-14-16(2)20(17(3)15-19)12-11-18-9-7-6-8-10-18/h6-10,16-17H,4-5,11-15H2,1-3H3.